The van der Waals surface area contributed by atoms with Crippen LogP contribution in [0, 0.1) is 0 Å². The van der Waals surface area contributed by atoms with Gasteiger partial charge < -0.3 is 9.72 Å². The molecule has 0 bridgehead atoms. The van der Waals surface area contributed by atoms with Gasteiger partial charge in [0, 0.05) is 29.6 Å². The molecule has 2 aromatic carbocycles. The predicted octanol–water partition coefficient (Wildman–Crippen LogP) is 3.84. The highest BCUT2D eigenvalue weighted by Crippen LogP contribution is 2.29. The molecule has 32 heavy (non-hydrogen) atoms. The number of nitrogens with one attached hydrogen (secondary N) is 2. The minimum absolute atomic E-state index is 0.214. The number of ether oxygens (including phenoxy) is 1. The molecule has 0 fully saturated rings. The fourth-order valence-corrected chi connectivity index (χ4v) is 4.30. The fraction of sp³-hybridized carbons (Fsp3) is 0.143. The molecule has 0 amide bonds. The summed E-state index contributed by atoms with van der Waals surface area (Å²) in [5, 5.41) is 10.3. The topological polar surface area (TPSA) is 106 Å². The van der Waals surface area contributed by atoms with Gasteiger partial charge in [0.2, 0.25) is 0 Å². The van der Waals surface area contributed by atoms with Crippen molar-refractivity contribution in [2.45, 2.75) is 17.3 Å². The molecule has 0 radical (unpaired) electrons. The molecule has 164 valence electrons. The molecule has 0 saturated carbocycles. The normalized spacial score (nSPS) is 11.0. The van der Waals surface area contributed by atoms with E-state index < -0.39 is 11.2 Å². The van der Waals surface area contributed by atoms with Crippen LogP contribution in [0.5, 0.6) is 5.75 Å². The van der Waals surface area contributed by atoms with Crippen molar-refractivity contribution in [3.63, 3.8) is 0 Å². The van der Waals surface area contributed by atoms with Gasteiger partial charge in [0.05, 0.1) is 17.2 Å². The molecule has 4 aromatic rings. The summed E-state index contributed by atoms with van der Waals surface area (Å²) in [6.07, 6.45) is 0.214. The Morgan fingerprint density at radius 3 is 2.47 bits per heavy atom. The minimum Gasteiger partial charge on any atom is -0.497 e. The number of nitrogens with zero attached hydrogens (tertiary/aromatic N) is 3. The van der Waals surface area contributed by atoms with Gasteiger partial charge in [0.15, 0.2) is 5.16 Å². The van der Waals surface area contributed by atoms with Gasteiger partial charge in [-0.15, -0.1) is 10.2 Å². The molecule has 2 aromatic heterocycles. The van der Waals surface area contributed by atoms with E-state index in [4.69, 9.17) is 27.9 Å². The maximum atomic E-state index is 11.7. The first-order valence-electron chi connectivity index (χ1n) is 9.41. The predicted molar refractivity (Wildman–Crippen MR) is 124 cm³/mol. The Kier molecular flexibility index (Phi) is 6.69. The third-order valence-corrected chi connectivity index (χ3v) is 6.29. The average Bonchev–Trinajstić information content (AvgIpc) is 3.16. The summed E-state index contributed by atoms with van der Waals surface area (Å²) in [6, 6.07) is 14.2. The highest BCUT2D eigenvalue weighted by Gasteiger charge is 2.16. The van der Waals surface area contributed by atoms with E-state index in [2.05, 4.69) is 20.2 Å². The van der Waals surface area contributed by atoms with Crippen LogP contribution in [-0.2, 0) is 12.2 Å². The number of H-pyrrole nitrogens is 2. The van der Waals surface area contributed by atoms with Crippen molar-refractivity contribution in [3.05, 3.63) is 96.5 Å². The number of rotatable bonds is 7. The van der Waals surface area contributed by atoms with Crippen molar-refractivity contribution in [2.24, 2.45) is 0 Å². The zero-order chi connectivity index (χ0) is 22.7. The van der Waals surface area contributed by atoms with Crippen LogP contribution < -0.4 is 16.0 Å². The quantitative estimate of drug-likeness (QED) is 0.382. The lowest BCUT2D eigenvalue weighted by Crippen LogP contribution is -2.23. The number of aromatic amines is 2. The van der Waals surface area contributed by atoms with Crippen molar-refractivity contribution in [1.82, 2.24) is 24.7 Å². The Bertz CT molecular complexity index is 1340. The van der Waals surface area contributed by atoms with Crippen LogP contribution in [0.3, 0.4) is 0 Å². The number of benzene rings is 2. The lowest BCUT2D eigenvalue weighted by molar-refractivity contribution is 0.414. The summed E-state index contributed by atoms with van der Waals surface area (Å²) >= 11 is 13.6. The maximum Gasteiger partial charge on any atom is 0.325 e. The van der Waals surface area contributed by atoms with Crippen LogP contribution in [0.15, 0.2) is 63.3 Å². The largest absolute Gasteiger partial charge is 0.497 e. The van der Waals surface area contributed by atoms with Crippen LogP contribution in [0.4, 0.5) is 0 Å². The lowest BCUT2D eigenvalue weighted by atomic mass is 10.2. The number of hydrogen-bond acceptors (Lipinski definition) is 6. The van der Waals surface area contributed by atoms with Crippen LogP contribution in [0.1, 0.15) is 17.1 Å². The molecule has 11 heteroatoms. The van der Waals surface area contributed by atoms with Gasteiger partial charge in [-0.2, -0.15) is 0 Å². The average molecular weight is 490 g/mol. The molecule has 2 heterocycles. The van der Waals surface area contributed by atoms with Crippen molar-refractivity contribution >= 4 is 35.0 Å². The first-order valence-corrected chi connectivity index (χ1v) is 11.1. The number of thioether (sulfide) groups is 1. The van der Waals surface area contributed by atoms with Crippen molar-refractivity contribution in [3.8, 4) is 11.4 Å². The van der Waals surface area contributed by atoms with E-state index in [1.807, 2.05) is 41.0 Å². The molecule has 0 aliphatic carbocycles. The number of aromatic nitrogens is 5. The van der Waals surface area contributed by atoms with E-state index >= 15 is 0 Å². The Morgan fingerprint density at radius 1 is 1.00 bits per heavy atom. The summed E-state index contributed by atoms with van der Waals surface area (Å²) in [4.78, 5) is 28.1. The van der Waals surface area contributed by atoms with Crippen LogP contribution >= 0.6 is 35.0 Å². The zero-order valence-corrected chi connectivity index (χ0v) is 19.1. The molecular weight excluding hydrogens is 473 g/mol. The maximum absolute atomic E-state index is 11.7. The summed E-state index contributed by atoms with van der Waals surface area (Å²) in [5.74, 6) is 1.87. The van der Waals surface area contributed by atoms with Gasteiger partial charge in [-0.25, -0.2) is 4.79 Å². The Hall–Kier alpha value is -3.01. The third kappa shape index (κ3) is 5.07. The molecular formula is C21H17Cl2N5O3S. The Morgan fingerprint density at radius 2 is 1.78 bits per heavy atom. The molecule has 0 unspecified atom stereocenters. The van der Waals surface area contributed by atoms with Crippen LogP contribution in [0.2, 0.25) is 10.0 Å². The molecule has 0 saturated heterocycles. The summed E-state index contributed by atoms with van der Waals surface area (Å²) in [7, 11) is 1.60. The second-order valence-electron chi connectivity index (χ2n) is 6.76. The molecule has 8 nitrogen and oxygen atoms in total. The van der Waals surface area contributed by atoms with Gasteiger partial charge in [-0.1, -0.05) is 41.0 Å². The van der Waals surface area contributed by atoms with E-state index in [0.717, 1.165) is 11.3 Å². The minimum atomic E-state index is -0.572. The fourth-order valence-electron chi connectivity index (χ4n) is 3.06. The monoisotopic (exact) mass is 489 g/mol. The summed E-state index contributed by atoms with van der Waals surface area (Å²) in [6.45, 7) is 0. The van der Waals surface area contributed by atoms with Crippen LogP contribution in [-0.4, -0.2) is 31.8 Å². The highest BCUT2D eigenvalue weighted by atomic mass is 35.5. The second-order valence-corrected chi connectivity index (χ2v) is 8.52. The Labute approximate surface area is 196 Å². The van der Waals surface area contributed by atoms with Crippen LogP contribution in [0.25, 0.3) is 5.69 Å². The van der Waals surface area contributed by atoms with Crippen molar-refractivity contribution < 1.29 is 4.74 Å². The van der Waals surface area contributed by atoms with Gasteiger partial charge in [-0.05, 0) is 42.0 Å². The SMILES string of the molecule is COc1ccc(-n2c(Cc3cc(=O)[nH]c(=O)[nH]3)nnc2SCc2ccc(Cl)c(Cl)c2)cc1. The molecule has 0 atom stereocenters. The van der Waals surface area contributed by atoms with E-state index in [0.29, 0.717) is 38.2 Å². The summed E-state index contributed by atoms with van der Waals surface area (Å²) < 4.78 is 7.12. The molecule has 2 N–H and O–H groups in total. The van der Waals surface area contributed by atoms with Gasteiger partial charge in [0.25, 0.3) is 5.56 Å². The first kappa shape index (κ1) is 22.2. The highest BCUT2D eigenvalue weighted by molar-refractivity contribution is 7.98. The second kappa shape index (κ2) is 9.64. The zero-order valence-electron chi connectivity index (χ0n) is 16.8. The van der Waals surface area contributed by atoms with Crippen molar-refractivity contribution in [2.75, 3.05) is 7.11 Å². The summed E-state index contributed by atoms with van der Waals surface area (Å²) in [5.41, 5.74) is 1.18. The van der Waals surface area contributed by atoms with Gasteiger partial charge in [0.1, 0.15) is 11.6 Å². The van der Waals surface area contributed by atoms with Crippen molar-refractivity contribution in [1.29, 1.82) is 0 Å². The van der Waals surface area contributed by atoms with Gasteiger partial charge in [-0.3, -0.25) is 14.3 Å². The smallest absolute Gasteiger partial charge is 0.325 e. The number of methoxy groups -OCH3 is 1. The molecule has 0 spiro atoms. The van der Waals surface area contributed by atoms with E-state index in [1.54, 1.807) is 13.2 Å². The molecule has 0 aliphatic rings. The first-order chi connectivity index (χ1) is 15.4. The number of hydrogen-bond donors (Lipinski definition) is 2. The lowest BCUT2D eigenvalue weighted by Gasteiger charge is -2.11. The number of halogens is 2. The molecule has 4 rings (SSSR count). The third-order valence-electron chi connectivity index (χ3n) is 4.55. The van der Waals surface area contributed by atoms with E-state index in [9.17, 15) is 9.59 Å². The molecule has 0 aliphatic heterocycles. The standard InChI is InChI=1S/C21H17Cl2N5O3S/c1-31-15-5-3-14(4-6-15)28-18(9-13-10-19(29)25-20(30)24-13)26-27-21(28)32-11-12-2-7-16(22)17(23)8-12/h2-8,10H,9,11H2,1H3,(H2,24,25,29,30). The van der Waals surface area contributed by atoms with E-state index in [-0.39, 0.29) is 6.42 Å². The Balaban J connectivity index is 1.69. The van der Waals surface area contributed by atoms with Gasteiger partial charge >= 0.3 is 5.69 Å². The van der Waals surface area contributed by atoms with E-state index in [1.165, 1.54) is 17.8 Å².